The zero-order valence-corrected chi connectivity index (χ0v) is 15.3. The van der Waals surface area contributed by atoms with Crippen molar-refractivity contribution >= 4 is 34.8 Å². The second-order valence-corrected chi connectivity index (χ2v) is 5.96. The van der Waals surface area contributed by atoms with E-state index in [2.05, 4.69) is 15.8 Å². The second-order valence-electron chi connectivity index (χ2n) is 5.52. The number of nitrogens with one attached hydrogen (secondary N) is 2. The monoisotopic (exact) mass is 373 g/mol. The van der Waals surface area contributed by atoms with E-state index in [1.165, 1.54) is 0 Å². The SMILES string of the molecule is COc1ccc(/C(C)=N/NC(=O)CCC(=O)Nc2cccc(Cl)c2)cc1. The van der Waals surface area contributed by atoms with Crippen LogP contribution in [0.15, 0.2) is 53.6 Å². The molecule has 0 saturated heterocycles. The molecule has 0 atom stereocenters. The normalized spacial score (nSPS) is 11.0. The number of carbonyl (C=O) groups excluding carboxylic acids is 2. The molecule has 6 nitrogen and oxygen atoms in total. The third-order valence-corrected chi connectivity index (χ3v) is 3.78. The van der Waals surface area contributed by atoms with Gasteiger partial charge in [0.15, 0.2) is 0 Å². The lowest BCUT2D eigenvalue weighted by Gasteiger charge is -2.06. The van der Waals surface area contributed by atoms with Crippen LogP contribution < -0.4 is 15.5 Å². The van der Waals surface area contributed by atoms with Gasteiger partial charge in [-0.25, -0.2) is 5.43 Å². The van der Waals surface area contributed by atoms with Gasteiger partial charge in [0.2, 0.25) is 11.8 Å². The average molecular weight is 374 g/mol. The number of hydrogen-bond acceptors (Lipinski definition) is 4. The van der Waals surface area contributed by atoms with Crippen LogP contribution in [-0.4, -0.2) is 24.6 Å². The molecule has 2 N–H and O–H groups in total. The molecule has 136 valence electrons. The van der Waals surface area contributed by atoms with E-state index >= 15 is 0 Å². The summed E-state index contributed by atoms with van der Waals surface area (Å²) in [4.78, 5) is 23.7. The molecule has 0 aromatic heterocycles. The van der Waals surface area contributed by atoms with Gasteiger partial charge in [-0.1, -0.05) is 17.7 Å². The maximum atomic E-state index is 11.9. The Labute approximate surface area is 157 Å². The molecule has 0 fully saturated rings. The topological polar surface area (TPSA) is 79.8 Å². The maximum absolute atomic E-state index is 11.9. The molecule has 0 unspecified atom stereocenters. The van der Waals surface area contributed by atoms with Crippen molar-refractivity contribution in [1.29, 1.82) is 0 Å². The summed E-state index contributed by atoms with van der Waals surface area (Å²) in [5.74, 6) is 0.147. The average Bonchev–Trinajstić information content (AvgIpc) is 2.64. The molecule has 2 aromatic rings. The van der Waals surface area contributed by atoms with Crippen LogP contribution in [0.25, 0.3) is 0 Å². The summed E-state index contributed by atoms with van der Waals surface area (Å²) < 4.78 is 5.10. The fourth-order valence-electron chi connectivity index (χ4n) is 2.12. The van der Waals surface area contributed by atoms with E-state index in [0.717, 1.165) is 11.3 Å². The van der Waals surface area contributed by atoms with E-state index in [-0.39, 0.29) is 24.7 Å². The van der Waals surface area contributed by atoms with Crippen molar-refractivity contribution in [1.82, 2.24) is 5.43 Å². The summed E-state index contributed by atoms with van der Waals surface area (Å²) >= 11 is 5.86. The number of anilines is 1. The summed E-state index contributed by atoms with van der Waals surface area (Å²) in [7, 11) is 1.60. The van der Waals surface area contributed by atoms with E-state index in [1.54, 1.807) is 38.3 Å². The van der Waals surface area contributed by atoms with E-state index in [9.17, 15) is 9.59 Å². The summed E-state index contributed by atoms with van der Waals surface area (Å²) in [6.45, 7) is 1.79. The minimum Gasteiger partial charge on any atom is -0.497 e. The lowest BCUT2D eigenvalue weighted by Crippen LogP contribution is -2.21. The number of methoxy groups -OCH3 is 1. The van der Waals surface area contributed by atoms with Crippen molar-refractivity contribution < 1.29 is 14.3 Å². The minimum atomic E-state index is -0.334. The molecule has 2 rings (SSSR count). The Morgan fingerprint density at radius 3 is 2.42 bits per heavy atom. The highest BCUT2D eigenvalue weighted by Crippen LogP contribution is 2.15. The fraction of sp³-hybridized carbons (Fsp3) is 0.211. The molecule has 0 aliphatic heterocycles. The van der Waals surface area contributed by atoms with Gasteiger partial charge in [-0.15, -0.1) is 0 Å². The Hall–Kier alpha value is -2.86. The zero-order valence-electron chi connectivity index (χ0n) is 14.6. The van der Waals surface area contributed by atoms with Crippen LogP contribution in [-0.2, 0) is 9.59 Å². The molecular weight excluding hydrogens is 354 g/mol. The number of amides is 2. The smallest absolute Gasteiger partial charge is 0.240 e. The van der Waals surface area contributed by atoms with Crippen LogP contribution in [0.2, 0.25) is 5.02 Å². The Balaban J connectivity index is 1.79. The number of halogens is 1. The predicted octanol–water partition coefficient (Wildman–Crippen LogP) is 3.61. The van der Waals surface area contributed by atoms with Crippen LogP contribution in [0.4, 0.5) is 5.69 Å². The molecule has 0 aliphatic carbocycles. The molecule has 0 spiro atoms. The van der Waals surface area contributed by atoms with Gasteiger partial charge < -0.3 is 10.1 Å². The number of hydrazone groups is 1. The third kappa shape index (κ3) is 6.22. The maximum Gasteiger partial charge on any atom is 0.240 e. The van der Waals surface area contributed by atoms with E-state index < -0.39 is 0 Å². The van der Waals surface area contributed by atoms with Gasteiger partial charge in [0.25, 0.3) is 0 Å². The Kier molecular flexibility index (Phi) is 7.17. The Morgan fingerprint density at radius 1 is 1.08 bits per heavy atom. The first-order chi connectivity index (χ1) is 12.5. The lowest BCUT2D eigenvalue weighted by molar-refractivity contribution is -0.124. The predicted molar refractivity (Wildman–Crippen MR) is 103 cm³/mol. The zero-order chi connectivity index (χ0) is 18.9. The first-order valence-electron chi connectivity index (χ1n) is 8.01. The number of carbonyl (C=O) groups is 2. The Morgan fingerprint density at radius 2 is 1.77 bits per heavy atom. The number of rotatable bonds is 7. The van der Waals surface area contributed by atoms with Crippen molar-refractivity contribution in [3.05, 3.63) is 59.1 Å². The molecule has 0 bridgehead atoms. The third-order valence-electron chi connectivity index (χ3n) is 3.54. The van der Waals surface area contributed by atoms with Crippen LogP contribution >= 0.6 is 11.6 Å². The molecule has 2 aromatic carbocycles. The van der Waals surface area contributed by atoms with Gasteiger partial charge in [-0.05, 0) is 55.0 Å². The summed E-state index contributed by atoms with van der Waals surface area (Å²) in [6.07, 6.45) is 0.0846. The summed E-state index contributed by atoms with van der Waals surface area (Å²) in [5.41, 5.74) is 4.57. The van der Waals surface area contributed by atoms with E-state index in [0.29, 0.717) is 16.4 Å². The number of ether oxygens (including phenoxy) is 1. The highest BCUT2D eigenvalue weighted by molar-refractivity contribution is 6.30. The first-order valence-corrected chi connectivity index (χ1v) is 8.38. The van der Waals surface area contributed by atoms with E-state index in [4.69, 9.17) is 16.3 Å². The molecule has 0 radical (unpaired) electrons. The van der Waals surface area contributed by atoms with Crippen LogP contribution in [0, 0.1) is 0 Å². The van der Waals surface area contributed by atoms with Crippen molar-refractivity contribution in [2.24, 2.45) is 5.10 Å². The van der Waals surface area contributed by atoms with Crippen LogP contribution in [0.1, 0.15) is 25.3 Å². The van der Waals surface area contributed by atoms with Gasteiger partial charge >= 0.3 is 0 Å². The highest BCUT2D eigenvalue weighted by Gasteiger charge is 2.07. The van der Waals surface area contributed by atoms with Crippen LogP contribution in [0.5, 0.6) is 5.75 Å². The standard InChI is InChI=1S/C19H20ClN3O3/c1-13(14-6-8-17(26-2)9-7-14)22-23-19(25)11-10-18(24)21-16-5-3-4-15(20)12-16/h3-9,12H,10-11H2,1-2H3,(H,21,24)(H,23,25)/b22-13+. The van der Waals surface area contributed by atoms with Crippen molar-refractivity contribution in [2.75, 3.05) is 12.4 Å². The van der Waals surface area contributed by atoms with Crippen molar-refractivity contribution in [3.8, 4) is 5.75 Å². The molecule has 0 aliphatic rings. The Bertz CT molecular complexity index is 804. The molecule has 7 heteroatoms. The molecule has 2 amide bonds. The van der Waals surface area contributed by atoms with E-state index in [1.807, 2.05) is 24.3 Å². The van der Waals surface area contributed by atoms with Crippen molar-refractivity contribution in [2.45, 2.75) is 19.8 Å². The lowest BCUT2D eigenvalue weighted by atomic mass is 10.1. The van der Waals surface area contributed by atoms with Gasteiger partial charge in [-0.3, -0.25) is 9.59 Å². The molecular formula is C19H20ClN3O3. The minimum absolute atomic E-state index is 0.0335. The molecule has 26 heavy (non-hydrogen) atoms. The summed E-state index contributed by atoms with van der Waals surface area (Å²) in [6, 6.07) is 14.2. The molecule has 0 heterocycles. The number of nitrogens with zero attached hydrogens (tertiary/aromatic N) is 1. The van der Waals surface area contributed by atoms with Gasteiger partial charge in [0.05, 0.1) is 12.8 Å². The first kappa shape index (κ1) is 19.5. The summed E-state index contributed by atoms with van der Waals surface area (Å²) in [5, 5.41) is 7.27. The van der Waals surface area contributed by atoms with Crippen molar-refractivity contribution in [3.63, 3.8) is 0 Å². The fourth-order valence-corrected chi connectivity index (χ4v) is 2.31. The number of hydrogen-bond donors (Lipinski definition) is 2. The largest absolute Gasteiger partial charge is 0.497 e. The van der Waals surface area contributed by atoms with Gasteiger partial charge in [-0.2, -0.15) is 5.10 Å². The highest BCUT2D eigenvalue weighted by atomic mass is 35.5. The number of benzene rings is 2. The van der Waals surface area contributed by atoms with Gasteiger partial charge in [0, 0.05) is 23.6 Å². The second kappa shape index (κ2) is 9.58. The van der Waals surface area contributed by atoms with Crippen LogP contribution in [0.3, 0.4) is 0 Å². The van der Waals surface area contributed by atoms with Gasteiger partial charge in [0.1, 0.15) is 5.75 Å². The molecule has 0 saturated carbocycles. The quantitative estimate of drug-likeness (QED) is 0.574.